The van der Waals surface area contributed by atoms with E-state index in [4.69, 9.17) is 13.6 Å². The van der Waals surface area contributed by atoms with Crippen LogP contribution in [0, 0.1) is 0 Å². The van der Waals surface area contributed by atoms with Crippen molar-refractivity contribution in [3.63, 3.8) is 0 Å². The lowest BCUT2D eigenvalue weighted by atomic mass is 9.96. The summed E-state index contributed by atoms with van der Waals surface area (Å²) in [7, 11) is -5.78. The van der Waals surface area contributed by atoms with Crippen molar-refractivity contribution >= 4 is 21.7 Å². The lowest BCUT2D eigenvalue weighted by Gasteiger charge is -2.31. The van der Waals surface area contributed by atoms with Gasteiger partial charge in [-0.2, -0.15) is 4.57 Å². The number of aryl methyl sites for hydroxylation is 1. The summed E-state index contributed by atoms with van der Waals surface area (Å²) in [5, 5.41) is 1.24. The van der Waals surface area contributed by atoms with Gasteiger partial charge in [-0.15, -0.1) is 0 Å². The quantitative estimate of drug-likeness (QED) is 0.276. The molecule has 0 unspecified atom stereocenters. The van der Waals surface area contributed by atoms with Gasteiger partial charge in [0.1, 0.15) is 17.3 Å². The molecule has 3 aromatic carbocycles. The van der Waals surface area contributed by atoms with Crippen LogP contribution in [0.4, 0.5) is 0 Å². The van der Waals surface area contributed by atoms with Crippen LogP contribution in [0.1, 0.15) is 17.5 Å². The average molecular weight is 451 g/mol. The Labute approximate surface area is 185 Å². The van der Waals surface area contributed by atoms with Crippen LogP contribution in [0.3, 0.4) is 0 Å². The van der Waals surface area contributed by atoms with E-state index in [-0.39, 0.29) is 0 Å². The Hall–Kier alpha value is -2.75. The van der Waals surface area contributed by atoms with Gasteiger partial charge >= 0.3 is 7.82 Å². The highest BCUT2D eigenvalue weighted by atomic mass is 31.2. The first-order chi connectivity index (χ1) is 14.8. The third kappa shape index (κ3) is 5.12. The Bertz CT molecular complexity index is 1080. The Morgan fingerprint density at radius 2 is 1.19 bits per heavy atom. The molecule has 0 saturated heterocycles. The van der Waals surface area contributed by atoms with Crippen molar-refractivity contribution in [1.29, 1.82) is 0 Å². The van der Waals surface area contributed by atoms with Gasteiger partial charge in [-0.05, 0) is 47.9 Å². The van der Waals surface area contributed by atoms with Crippen molar-refractivity contribution in [2.24, 2.45) is 0 Å². The molecule has 0 heterocycles. The zero-order valence-electron chi connectivity index (χ0n) is 18.1. The molecule has 0 bridgehead atoms. The van der Waals surface area contributed by atoms with Crippen LogP contribution in [-0.4, -0.2) is 8.07 Å². The van der Waals surface area contributed by atoms with Gasteiger partial charge in [-0.3, -0.25) is 0 Å². The van der Waals surface area contributed by atoms with E-state index >= 15 is 0 Å². The van der Waals surface area contributed by atoms with E-state index < -0.39 is 15.9 Å². The lowest BCUT2D eigenvalue weighted by Crippen LogP contribution is -2.28. The summed E-state index contributed by atoms with van der Waals surface area (Å²) in [5.41, 5.74) is 2.16. The molecule has 0 atom stereocenters. The predicted octanol–water partition coefficient (Wildman–Crippen LogP) is 7.50. The molecule has 4 rings (SSSR count). The SMILES string of the molecule is C[Si](C)(C)C1=C(OP(=O)(Oc2ccccc2)Oc2ccccc2)c2ccccc2CC1. The zero-order valence-corrected chi connectivity index (χ0v) is 20.0. The third-order valence-electron chi connectivity index (χ3n) is 5.21. The van der Waals surface area contributed by atoms with E-state index in [0.29, 0.717) is 17.3 Å². The fourth-order valence-electron chi connectivity index (χ4n) is 3.70. The average Bonchev–Trinajstić information content (AvgIpc) is 2.74. The molecule has 1 aliphatic carbocycles. The van der Waals surface area contributed by atoms with Gasteiger partial charge in [0.05, 0.1) is 8.07 Å². The minimum Gasteiger partial charge on any atom is -0.386 e. The van der Waals surface area contributed by atoms with Gasteiger partial charge in [0.2, 0.25) is 0 Å². The normalized spacial score (nSPS) is 14.0. The number of hydrogen-bond acceptors (Lipinski definition) is 4. The number of para-hydroxylation sites is 2. The summed E-state index contributed by atoms with van der Waals surface area (Å²) in [6.07, 6.45) is 1.84. The molecular formula is C25H27O4PSi. The molecule has 0 amide bonds. The zero-order chi connectivity index (χ0) is 21.9. The molecule has 0 spiro atoms. The maximum Gasteiger partial charge on any atom is 0.647 e. The van der Waals surface area contributed by atoms with Crippen LogP contribution in [0.15, 0.2) is 90.1 Å². The lowest BCUT2D eigenvalue weighted by molar-refractivity contribution is 0.283. The maximum atomic E-state index is 14.0. The Morgan fingerprint density at radius 1 is 0.677 bits per heavy atom. The van der Waals surface area contributed by atoms with E-state index in [1.165, 1.54) is 10.8 Å². The summed E-state index contributed by atoms with van der Waals surface area (Å²) in [6, 6.07) is 26.2. The largest absolute Gasteiger partial charge is 0.647 e. The standard InChI is InChI=1S/C25H27O4PSi/c1-31(2,3)24-19-18-20-12-10-11-17-23(20)25(24)29-30(26,27-21-13-6-4-7-14-21)28-22-15-8-5-9-16-22/h4-17H,18-19H2,1-3H3. The second-order valence-corrected chi connectivity index (χ2v) is 15.1. The van der Waals surface area contributed by atoms with Crippen LogP contribution in [0.2, 0.25) is 19.6 Å². The molecule has 0 saturated carbocycles. The second-order valence-electron chi connectivity index (χ2n) is 8.56. The predicted molar refractivity (Wildman–Crippen MR) is 128 cm³/mol. The molecule has 0 N–H and O–H groups in total. The van der Waals surface area contributed by atoms with E-state index in [1.54, 1.807) is 24.3 Å². The highest BCUT2D eigenvalue weighted by Gasteiger charge is 2.38. The fraction of sp³-hybridized carbons (Fsp3) is 0.200. The fourth-order valence-corrected chi connectivity index (χ4v) is 6.84. The number of phosphoric ester groups is 1. The minimum atomic E-state index is -4.03. The van der Waals surface area contributed by atoms with Gasteiger partial charge in [-0.1, -0.05) is 80.3 Å². The maximum absolute atomic E-state index is 14.0. The van der Waals surface area contributed by atoms with Gasteiger partial charge in [0, 0.05) is 5.56 Å². The summed E-state index contributed by atoms with van der Waals surface area (Å²) in [4.78, 5) is 0. The van der Waals surface area contributed by atoms with Gasteiger partial charge in [0.25, 0.3) is 0 Å². The topological polar surface area (TPSA) is 44.8 Å². The van der Waals surface area contributed by atoms with Crippen molar-refractivity contribution in [2.75, 3.05) is 0 Å². The van der Waals surface area contributed by atoms with Crippen molar-refractivity contribution < 1.29 is 18.1 Å². The highest BCUT2D eigenvalue weighted by Crippen LogP contribution is 2.55. The molecule has 0 radical (unpaired) electrons. The molecular weight excluding hydrogens is 423 g/mol. The minimum absolute atomic E-state index is 0.431. The molecule has 31 heavy (non-hydrogen) atoms. The Balaban J connectivity index is 1.79. The molecule has 1 aliphatic rings. The van der Waals surface area contributed by atoms with Gasteiger partial charge in [-0.25, -0.2) is 0 Å². The molecule has 3 aromatic rings. The Kier molecular flexibility index (Phi) is 6.08. The van der Waals surface area contributed by atoms with Gasteiger partial charge in [0.15, 0.2) is 0 Å². The molecule has 0 fully saturated rings. The van der Waals surface area contributed by atoms with Gasteiger partial charge < -0.3 is 13.6 Å². The number of hydrogen-bond donors (Lipinski definition) is 0. The number of rotatable bonds is 7. The van der Waals surface area contributed by atoms with E-state index in [0.717, 1.165) is 18.4 Å². The first-order valence-corrected chi connectivity index (χ1v) is 15.4. The Morgan fingerprint density at radius 3 is 1.74 bits per heavy atom. The second kappa shape index (κ2) is 8.78. The van der Waals surface area contributed by atoms with E-state index in [9.17, 15) is 4.57 Å². The van der Waals surface area contributed by atoms with Crippen LogP contribution in [0.25, 0.3) is 5.76 Å². The van der Waals surface area contributed by atoms with Crippen molar-refractivity contribution in [3.8, 4) is 11.5 Å². The molecule has 160 valence electrons. The van der Waals surface area contributed by atoms with Crippen LogP contribution in [-0.2, 0) is 15.5 Å². The van der Waals surface area contributed by atoms with Crippen LogP contribution >= 0.6 is 7.82 Å². The summed E-state index contributed by atoms with van der Waals surface area (Å²) in [5.74, 6) is 1.51. The third-order valence-corrected chi connectivity index (χ3v) is 8.77. The molecule has 6 heteroatoms. The number of fused-ring (bicyclic) bond motifs is 1. The number of phosphoric acid groups is 1. The number of benzene rings is 3. The first kappa shape index (κ1) is 21.5. The van der Waals surface area contributed by atoms with Crippen LogP contribution < -0.4 is 9.05 Å². The monoisotopic (exact) mass is 450 g/mol. The number of allylic oxidation sites excluding steroid dienone is 1. The summed E-state index contributed by atoms with van der Waals surface area (Å²) >= 11 is 0. The first-order valence-electron chi connectivity index (χ1n) is 10.4. The van der Waals surface area contributed by atoms with E-state index in [2.05, 4.69) is 25.7 Å². The van der Waals surface area contributed by atoms with E-state index in [1.807, 2.05) is 54.6 Å². The van der Waals surface area contributed by atoms with Crippen molar-refractivity contribution in [1.82, 2.24) is 0 Å². The molecule has 0 aromatic heterocycles. The molecule has 0 aliphatic heterocycles. The van der Waals surface area contributed by atoms with Crippen molar-refractivity contribution in [3.05, 3.63) is 101 Å². The smallest absolute Gasteiger partial charge is 0.386 e. The van der Waals surface area contributed by atoms with Crippen LogP contribution in [0.5, 0.6) is 11.5 Å². The summed E-state index contributed by atoms with van der Waals surface area (Å²) in [6.45, 7) is 6.84. The van der Waals surface area contributed by atoms with Crippen molar-refractivity contribution in [2.45, 2.75) is 32.5 Å². The summed E-state index contributed by atoms with van der Waals surface area (Å²) < 4.78 is 32.0. The highest BCUT2D eigenvalue weighted by molar-refractivity contribution is 7.49. The molecule has 4 nitrogen and oxygen atoms in total.